The molecule has 0 radical (unpaired) electrons. The summed E-state index contributed by atoms with van der Waals surface area (Å²) < 4.78 is 5.40. The number of carboxylic acids is 1. The summed E-state index contributed by atoms with van der Waals surface area (Å²) in [6.45, 7) is 5.25. The van der Waals surface area contributed by atoms with E-state index in [2.05, 4.69) is 10.6 Å². The van der Waals surface area contributed by atoms with Crippen LogP contribution in [0.25, 0.3) is 0 Å². The van der Waals surface area contributed by atoms with Gasteiger partial charge in [0.15, 0.2) is 0 Å². The topological polar surface area (TPSA) is 87.7 Å². The second kappa shape index (κ2) is 7.20. The third-order valence-corrected chi connectivity index (χ3v) is 3.41. The highest BCUT2D eigenvalue weighted by atomic mass is 16.5. The molecule has 104 valence electrons. The van der Waals surface area contributed by atoms with E-state index < -0.39 is 11.9 Å². The van der Waals surface area contributed by atoms with Gasteiger partial charge in [-0.05, 0) is 19.8 Å². The number of carbonyl (C=O) groups is 2. The molecule has 0 aromatic heterocycles. The molecule has 6 nitrogen and oxygen atoms in total. The first kappa shape index (κ1) is 14.8. The number of carbonyl (C=O) groups excluding carboxylic acids is 1. The van der Waals surface area contributed by atoms with Gasteiger partial charge in [-0.2, -0.15) is 0 Å². The minimum atomic E-state index is -0.879. The second-order valence-electron chi connectivity index (χ2n) is 4.66. The normalized spacial score (nSPS) is 24.6. The fraction of sp³-hybridized carbons (Fsp3) is 0.833. The summed E-state index contributed by atoms with van der Waals surface area (Å²) in [6.07, 6.45) is 1.63. The van der Waals surface area contributed by atoms with Gasteiger partial charge in [0.25, 0.3) is 0 Å². The lowest BCUT2D eigenvalue weighted by atomic mass is 10.0. The summed E-state index contributed by atoms with van der Waals surface area (Å²) in [7, 11) is 0. The number of hydrogen-bond acceptors (Lipinski definition) is 3. The monoisotopic (exact) mass is 258 g/mol. The molecule has 0 aromatic rings. The Hall–Kier alpha value is -1.30. The average Bonchev–Trinajstić information content (AvgIpc) is 2.72. The molecule has 1 fully saturated rings. The largest absolute Gasteiger partial charge is 0.481 e. The minimum absolute atomic E-state index is 0.161. The molecule has 1 saturated heterocycles. The first-order valence-electron chi connectivity index (χ1n) is 6.40. The fourth-order valence-corrected chi connectivity index (χ4v) is 1.95. The van der Waals surface area contributed by atoms with Crippen LogP contribution in [0.3, 0.4) is 0 Å². The van der Waals surface area contributed by atoms with Gasteiger partial charge in [-0.1, -0.05) is 6.92 Å². The zero-order valence-corrected chi connectivity index (χ0v) is 10.9. The smallest absolute Gasteiger partial charge is 0.314 e. The van der Waals surface area contributed by atoms with Gasteiger partial charge in [0.2, 0.25) is 0 Å². The van der Waals surface area contributed by atoms with E-state index in [1.165, 1.54) is 0 Å². The van der Waals surface area contributed by atoms with E-state index in [-0.39, 0.29) is 18.7 Å². The average molecular weight is 258 g/mol. The molecule has 0 saturated carbocycles. The molecular weight excluding hydrogens is 236 g/mol. The zero-order chi connectivity index (χ0) is 13.5. The standard InChI is InChI=1S/C12H22N2O4/c1-3-9(11(15)16)6-13-12(17)14-7-10-4-5-18-8(10)2/h8-10H,3-7H2,1-2H3,(H,15,16)(H2,13,14,17). The molecule has 18 heavy (non-hydrogen) atoms. The van der Waals surface area contributed by atoms with Gasteiger partial charge >= 0.3 is 12.0 Å². The molecule has 6 heteroatoms. The maximum atomic E-state index is 11.5. The van der Waals surface area contributed by atoms with E-state index in [0.29, 0.717) is 18.9 Å². The van der Waals surface area contributed by atoms with Gasteiger partial charge in [0.05, 0.1) is 12.0 Å². The number of aliphatic carboxylic acids is 1. The van der Waals surface area contributed by atoms with Crippen LogP contribution >= 0.6 is 0 Å². The Morgan fingerprint density at radius 3 is 2.67 bits per heavy atom. The number of urea groups is 1. The van der Waals surface area contributed by atoms with Crippen LogP contribution in [0.5, 0.6) is 0 Å². The van der Waals surface area contributed by atoms with Gasteiger partial charge in [0.1, 0.15) is 0 Å². The van der Waals surface area contributed by atoms with Gasteiger partial charge in [-0.3, -0.25) is 4.79 Å². The van der Waals surface area contributed by atoms with Crippen molar-refractivity contribution in [3.63, 3.8) is 0 Å². The highest BCUT2D eigenvalue weighted by molar-refractivity contribution is 5.75. The van der Waals surface area contributed by atoms with E-state index in [4.69, 9.17) is 9.84 Å². The van der Waals surface area contributed by atoms with Crippen molar-refractivity contribution in [2.75, 3.05) is 19.7 Å². The minimum Gasteiger partial charge on any atom is -0.481 e. The predicted molar refractivity (Wildman–Crippen MR) is 66.3 cm³/mol. The summed E-state index contributed by atoms with van der Waals surface area (Å²) >= 11 is 0. The Balaban J connectivity index is 2.19. The highest BCUT2D eigenvalue weighted by Crippen LogP contribution is 2.19. The Labute approximate surface area is 107 Å². The predicted octanol–water partition coefficient (Wildman–Crippen LogP) is 0.821. The molecule has 0 aliphatic carbocycles. The molecule has 3 N–H and O–H groups in total. The van der Waals surface area contributed by atoms with Crippen molar-refractivity contribution in [1.29, 1.82) is 0 Å². The quantitative estimate of drug-likeness (QED) is 0.658. The molecule has 3 atom stereocenters. The Kier molecular flexibility index (Phi) is 5.91. The van der Waals surface area contributed by atoms with Gasteiger partial charge < -0.3 is 20.5 Å². The van der Waals surface area contributed by atoms with Gasteiger partial charge in [0, 0.05) is 25.6 Å². The summed E-state index contributed by atoms with van der Waals surface area (Å²) in [5.41, 5.74) is 0. The van der Waals surface area contributed by atoms with E-state index in [0.717, 1.165) is 13.0 Å². The van der Waals surface area contributed by atoms with E-state index in [9.17, 15) is 9.59 Å². The number of amides is 2. The van der Waals surface area contributed by atoms with Crippen LogP contribution in [0.1, 0.15) is 26.7 Å². The molecular formula is C12H22N2O4. The van der Waals surface area contributed by atoms with Crippen LogP contribution in [-0.2, 0) is 9.53 Å². The van der Waals surface area contributed by atoms with Crippen molar-refractivity contribution in [2.45, 2.75) is 32.8 Å². The lowest BCUT2D eigenvalue weighted by Crippen LogP contribution is -2.42. The zero-order valence-electron chi connectivity index (χ0n) is 10.9. The van der Waals surface area contributed by atoms with Crippen molar-refractivity contribution in [1.82, 2.24) is 10.6 Å². The molecule has 0 spiro atoms. The number of hydrogen-bond donors (Lipinski definition) is 3. The lowest BCUT2D eigenvalue weighted by Gasteiger charge is -2.16. The molecule has 0 aromatic carbocycles. The SMILES string of the molecule is CCC(CNC(=O)NCC1CCOC1C)C(=O)O. The maximum Gasteiger partial charge on any atom is 0.314 e. The number of nitrogens with one attached hydrogen (secondary N) is 2. The van der Waals surface area contributed by atoms with Crippen LogP contribution in [-0.4, -0.2) is 42.9 Å². The third kappa shape index (κ3) is 4.52. The Morgan fingerprint density at radius 2 is 2.17 bits per heavy atom. The molecule has 1 aliphatic heterocycles. The summed E-state index contributed by atoms with van der Waals surface area (Å²) in [6, 6.07) is -0.311. The second-order valence-corrected chi connectivity index (χ2v) is 4.66. The van der Waals surface area contributed by atoms with Crippen molar-refractivity contribution < 1.29 is 19.4 Å². The molecule has 0 bridgehead atoms. The Bertz CT molecular complexity index is 296. The first-order chi connectivity index (χ1) is 8.54. The van der Waals surface area contributed by atoms with Crippen LogP contribution < -0.4 is 10.6 Å². The van der Waals surface area contributed by atoms with Gasteiger partial charge in [-0.25, -0.2) is 4.79 Å². The summed E-state index contributed by atoms with van der Waals surface area (Å²) in [4.78, 5) is 22.3. The van der Waals surface area contributed by atoms with Gasteiger partial charge in [-0.15, -0.1) is 0 Å². The summed E-state index contributed by atoms with van der Waals surface area (Å²) in [5.74, 6) is -1.06. The third-order valence-electron chi connectivity index (χ3n) is 3.41. The highest BCUT2D eigenvalue weighted by Gasteiger charge is 2.24. The molecule has 1 rings (SSSR count). The molecule has 3 unspecified atom stereocenters. The fourth-order valence-electron chi connectivity index (χ4n) is 1.95. The van der Waals surface area contributed by atoms with E-state index in [1.807, 2.05) is 6.92 Å². The van der Waals surface area contributed by atoms with Crippen LogP contribution in [0.15, 0.2) is 0 Å². The lowest BCUT2D eigenvalue weighted by molar-refractivity contribution is -0.141. The van der Waals surface area contributed by atoms with Crippen molar-refractivity contribution in [3.05, 3.63) is 0 Å². The van der Waals surface area contributed by atoms with Crippen molar-refractivity contribution >= 4 is 12.0 Å². The number of ether oxygens (including phenoxy) is 1. The van der Waals surface area contributed by atoms with Crippen LogP contribution in [0, 0.1) is 11.8 Å². The molecule has 2 amide bonds. The first-order valence-corrected chi connectivity index (χ1v) is 6.40. The van der Waals surface area contributed by atoms with Crippen LogP contribution in [0.2, 0.25) is 0 Å². The van der Waals surface area contributed by atoms with E-state index in [1.54, 1.807) is 6.92 Å². The van der Waals surface area contributed by atoms with Crippen LogP contribution in [0.4, 0.5) is 4.79 Å². The molecule has 1 aliphatic rings. The van der Waals surface area contributed by atoms with Crippen molar-refractivity contribution in [3.8, 4) is 0 Å². The maximum absolute atomic E-state index is 11.5. The Morgan fingerprint density at radius 1 is 1.44 bits per heavy atom. The number of rotatable bonds is 6. The molecule has 1 heterocycles. The van der Waals surface area contributed by atoms with E-state index >= 15 is 0 Å². The number of carboxylic acid groups (broad SMARTS) is 1. The summed E-state index contributed by atoms with van der Waals surface area (Å²) in [5, 5.41) is 14.2. The van der Waals surface area contributed by atoms with Crippen molar-refractivity contribution in [2.24, 2.45) is 11.8 Å².